The summed E-state index contributed by atoms with van der Waals surface area (Å²) in [6.07, 6.45) is 0. The van der Waals surface area contributed by atoms with Crippen LogP contribution in [0.25, 0.3) is 71.3 Å². The van der Waals surface area contributed by atoms with Gasteiger partial charge in [0.1, 0.15) is 11.2 Å². The van der Waals surface area contributed by atoms with Crippen molar-refractivity contribution in [3.8, 4) is 16.8 Å². The standard InChI is InChI=1S/C41H28N2OS/c42-41-38(23-22-36-40(41)33-20-16-29(24-37(33)44-36)27-8-2-1-3-9-27)45-25-26-14-18-30(19-15-26)43-34-13-7-6-12-32(34)39-31-11-5-4-10-28(31)17-21-35(39)43/h1-24H,25,42H2. The number of hydrogen-bond acceptors (Lipinski definition) is 3. The number of hydrogen-bond donors (Lipinski definition) is 1. The molecule has 0 atom stereocenters. The van der Waals surface area contributed by atoms with Gasteiger partial charge in [-0.1, -0.05) is 97.1 Å². The summed E-state index contributed by atoms with van der Waals surface area (Å²) in [5.41, 5.74) is 16.4. The number of anilines is 1. The fourth-order valence-electron chi connectivity index (χ4n) is 6.73. The van der Waals surface area contributed by atoms with Crippen LogP contribution in [0.5, 0.6) is 0 Å². The Balaban J connectivity index is 1.03. The first-order valence-corrected chi connectivity index (χ1v) is 16.1. The van der Waals surface area contributed by atoms with E-state index in [2.05, 4.69) is 138 Å². The minimum absolute atomic E-state index is 0.776. The van der Waals surface area contributed by atoms with E-state index in [4.69, 9.17) is 10.2 Å². The van der Waals surface area contributed by atoms with E-state index in [1.165, 1.54) is 43.7 Å². The van der Waals surface area contributed by atoms with Crippen LogP contribution in [0, 0.1) is 0 Å². The molecule has 7 aromatic carbocycles. The fraction of sp³-hybridized carbons (Fsp3) is 0.0244. The monoisotopic (exact) mass is 596 g/mol. The van der Waals surface area contributed by atoms with Crippen molar-refractivity contribution in [2.24, 2.45) is 0 Å². The summed E-state index contributed by atoms with van der Waals surface area (Å²) in [7, 11) is 0. The fourth-order valence-corrected chi connectivity index (χ4v) is 7.67. The van der Waals surface area contributed by atoms with Crippen molar-refractivity contribution >= 4 is 72.0 Å². The third-order valence-electron chi connectivity index (χ3n) is 8.90. The zero-order chi connectivity index (χ0) is 29.9. The zero-order valence-electron chi connectivity index (χ0n) is 24.4. The summed E-state index contributed by atoms with van der Waals surface area (Å²) in [6, 6.07) is 51.7. The largest absolute Gasteiger partial charge is 0.456 e. The van der Waals surface area contributed by atoms with Gasteiger partial charge in [0.25, 0.3) is 0 Å². The van der Waals surface area contributed by atoms with Crippen molar-refractivity contribution in [3.63, 3.8) is 0 Å². The summed E-state index contributed by atoms with van der Waals surface area (Å²) < 4.78 is 8.64. The molecule has 0 aliphatic carbocycles. The van der Waals surface area contributed by atoms with Gasteiger partial charge in [-0.3, -0.25) is 0 Å². The van der Waals surface area contributed by atoms with E-state index in [0.717, 1.165) is 49.5 Å². The zero-order valence-corrected chi connectivity index (χ0v) is 25.2. The van der Waals surface area contributed by atoms with Crippen LogP contribution in [0.15, 0.2) is 155 Å². The summed E-state index contributed by atoms with van der Waals surface area (Å²) >= 11 is 1.76. The molecule has 0 saturated heterocycles. The molecule has 0 bridgehead atoms. The molecule has 2 heterocycles. The third-order valence-corrected chi connectivity index (χ3v) is 10.0. The minimum atomic E-state index is 0.776. The Bertz CT molecular complexity index is 2540. The molecule has 214 valence electrons. The Kier molecular flexibility index (Phi) is 5.97. The molecule has 45 heavy (non-hydrogen) atoms. The molecule has 4 heteroatoms. The first-order chi connectivity index (χ1) is 22.2. The first kappa shape index (κ1) is 26.0. The molecule has 3 nitrogen and oxygen atoms in total. The van der Waals surface area contributed by atoms with Gasteiger partial charge in [-0.2, -0.15) is 0 Å². The molecule has 0 radical (unpaired) electrons. The molecule has 0 aliphatic rings. The van der Waals surface area contributed by atoms with E-state index in [9.17, 15) is 0 Å². The SMILES string of the molecule is Nc1c(SCc2ccc(-n3c4ccccc4c4c5ccccc5ccc43)cc2)ccc2oc3cc(-c4ccccc4)ccc3c12. The van der Waals surface area contributed by atoms with Gasteiger partial charge in [0, 0.05) is 32.5 Å². The Morgan fingerprint density at radius 1 is 0.556 bits per heavy atom. The van der Waals surface area contributed by atoms with E-state index in [1.54, 1.807) is 11.8 Å². The Morgan fingerprint density at radius 2 is 1.33 bits per heavy atom. The van der Waals surface area contributed by atoms with Crippen molar-refractivity contribution < 1.29 is 4.42 Å². The number of aromatic nitrogens is 1. The number of nitrogens with two attached hydrogens (primary N) is 1. The molecule has 2 N–H and O–H groups in total. The van der Waals surface area contributed by atoms with Gasteiger partial charge in [0.15, 0.2) is 0 Å². The predicted octanol–water partition coefficient (Wildman–Crippen LogP) is 11.4. The number of furan rings is 1. The third kappa shape index (κ3) is 4.21. The summed E-state index contributed by atoms with van der Waals surface area (Å²) in [6.45, 7) is 0. The lowest BCUT2D eigenvalue weighted by Gasteiger charge is -2.10. The van der Waals surface area contributed by atoms with E-state index in [0.29, 0.717) is 0 Å². The van der Waals surface area contributed by atoms with Crippen molar-refractivity contribution in [2.45, 2.75) is 10.6 Å². The van der Waals surface area contributed by atoms with E-state index in [1.807, 2.05) is 12.1 Å². The molecule has 2 aromatic heterocycles. The minimum Gasteiger partial charge on any atom is -0.456 e. The van der Waals surface area contributed by atoms with Crippen LogP contribution in [-0.2, 0) is 5.75 Å². The highest BCUT2D eigenvalue weighted by Crippen LogP contribution is 2.41. The van der Waals surface area contributed by atoms with Crippen LogP contribution in [0.2, 0.25) is 0 Å². The number of rotatable bonds is 5. The van der Waals surface area contributed by atoms with Crippen LogP contribution in [0.4, 0.5) is 5.69 Å². The second kappa shape index (κ2) is 10.3. The Labute approximate surface area is 264 Å². The molecule has 0 aliphatic heterocycles. The first-order valence-electron chi connectivity index (χ1n) is 15.2. The number of nitrogens with zero attached hydrogens (tertiary/aromatic N) is 1. The molecule has 0 spiro atoms. The second-order valence-corrected chi connectivity index (χ2v) is 12.5. The highest BCUT2D eigenvalue weighted by atomic mass is 32.2. The van der Waals surface area contributed by atoms with Crippen LogP contribution in [0.1, 0.15) is 5.56 Å². The molecule has 0 fully saturated rings. The van der Waals surface area contributed by atoms with Crippen LogP contribution in [-0.4, -0.2) is 4.57 Å². The Hall–Kier alpha value is -5.45. The lowest BCUT2D eigenvalue weighted by molar-refractivity contribution is 0.669. The van der Waals surface area contributed by atoms with Crippen LogP contribution >= 0.6 is 11.8 Å². The van der Waals surface area contributed by atoms with Gasteiger partial charge in [0.05, 0.1) is 22.1 Å². The number of nitrogen functional groups attached to an aromatic ring is 1. The normalized spacial score (nSPS) is 11.8. The summed E-state index contributed by atoms with van der Waals surface area (Å²) in [5.74, 6) is 0.821. The lowest BCUT2D eigenvalue weighted by Crippen LogP contribution is -1.94. The summed E-state index contributed by atoms with van der Waals surface area (Å²) in [4.78, 5) is 1.07. The van der Waals surface area contributed by atoms with Crippen LogP contribution in [0.3, 0.4) is 0 Å². The van der Waals surface area contributed by atoms with E-state index < -0.39 is 0 Å². The molecular weight excluding hydrogens is 569 g/mol. The smallest absolute Gasteiger partial charge is 0.137 e. The average molecular weight is 597 g/mol. The highest BCUT2D eigenvalue weighted by Gasteiger charge is 2.16. The van der Waals surface area contributed by atoms with E-state index in [-0.39, 0.29) is 0 Å². The van der Waals surface area contributed by atoms with Gasteiger partial charge in [-0.05, 0) is 76.0 Å². The molecule has 0 amide bonds. The summed E-state index contributed by atoms with van der Waals surface area (Å²) in [5, 5.41) is 7.17. The molecular formula is C41H28N2OS. The van der Waals surface area contributed by atoms with Crippen molar-refractivity contribution in [3.05, 3.63) is 151 Å². The van der Waals surface area contributed by atoms with Crippen molar-refractivity contribution in [2.75, 3.05) is 5.73 Å². The topological polar surface area (TPSA) is 44.1 Å². The van der Waals surface area contributed by atoms with Crippen molar-refractivity contribution in [1.82, 2.24) is 4.57 Å². The predicted molar refractivity (Wildman–Crippen MR) is 191 cm³/mol. The van der Waals surface area contributed by atoms with E-state index >= 15 is 0 Å². The molecule has 0 unspecified atom stereocenters. The maximum absolute atomic E-state index is 6.79. The average Bonchev–Trinajstić information content (AvgIpc) is 3.65. The van der Waals surface area contributed by atoms with Crippen molar-refractivity contribution in [1.29, 1.82) is 0 Å². The van der Waals surface area contributed by atoms with Crippen LogP contribution < -0.4 is 5.73 Å². The van der Waals surface area contributed by atoms with Gasteiger partial charge in [-0.15, -0.1) is 11.8 Å². The maximum atomic E-state index is 6.79. The van der Waals surface area contributed by atoms with Gasteiger partial charge < -0.3 is 14.7 Å². The van der Waals surface area contributed by atoms with Gasteiger partial charge in [0.2, 0.25) is 0 Å². The lowest BCUT2D eigenvalue weighted by atomic mass is 10.0. The molecule has 0 saturated carbocycles. The number of benzene rings is 7. The second-order valence-electron chi connectivity index (χ2n) is 11.5. The highest BCUT2D eigenvalue weighted by molar-refractivity contribution is 7.98. The quantitative estimate of drug-likeness (QED) is 0.159. The van der Waals surface area contributed by atoms with Gasteiger partial charge >= 0.3 is 0 Å². The number of thioether (sulfide) groups is 1. The number of para-hydroxylation sites is 1. The molecule has 9 rings (SSSR count). The Morgan fingerprint density at radius 3 is 2.20 bits per heavy atom. The maximum Gasteiger partial charge on any atom is 0.137 e. The van der Waals surface area contributed by atoms with Gasteiger partial charge in [-0.25, -0.2) is 0 Å². The molecule has 9 aromatic rings. The number of fused-ring (bicyclic) bond motifs is 8.